The molecule has 2 aliphatic carbocycles. The Morgan fingerprint density at radius 3 is 2.68 bits per heavy atom. The first kappa shape index (κ1) is 12.7. The highest BCUT2D eigenvalue weighted by atomic mass is 16.3. The van der Waals surface area contributed by atoms with E-state index in [2.05, 4.69) is 9.88 Å². The van der Waals surface area contributed by atoms with Gasteiger partial charge in [0.15, 0.2) is 0 Å². The maximum Gasteiger partial charge on any atom is 0.268 e. The van der Waals surface area contributed by atoms with Gasteiger partial charge in [0.25, 0.3) is 5.91 Å². The molecule has 4 nitrogen and oxygen atoms in total. The predicted molar refractivity (Wildman–Crippen MR) is 73.0 cm³/mol. The van der Waals surface area contributed by atoms with Crippen LogP contribution in [-0.2, 0) is 0 Å². The van der Waals surface area contributed by atoms with Crippen LogP contribution in [0.1, 0.15) is 61.5 Å². The van der Waals surface area contributed by atoms with E-state index >= 15 is 0 Å². The van der Waals surface area contributed by atoms with Crippen LogP contribution < -0.4 is 5.32 Å². The Morgan fingerprint density at radius 2 is 2.00 bits per heavy atom. The van der Waals surface area contributed by atoms with Crippen LogP contribution in [0, 0.1) is 0 Å². The van der Waals surface area contributed by atoms with Crippen LogP contribution in [0.15, 0.2) is 18.3 Å². The van der Waals surface area contributed by atoms with Crippen molar-refractivity contribution in [2.75, 3.05) is 0 Å². The molecule has 1 aromatic heterocycles. The summed E-state index contributed by atoms with van der Waals surface area (Å²) in [5, 5.41) is 12.9. The zero-order valence-electron chi connectivity index (χ0n) is 11.2. The monoisotopic (exact) mass is 262 g/mol. The fraction of sp³-hybridized carbons (Fsp3) is 0.667. The third-order valence-electron chi connectivity index (χ3n) is 4.53. The summed E-state index contributed by atoms with van der Waals surface area (Å²) in [6.07, 6.45) is 9.04. The first-order chi connectivity index (χ1) is 9.25. The molecule has 19 heavy (non-hydrogen) atoms. The van der Waals surface area contributed by atoms with E-state index < -0.39 is 0 Å². The number of carbonyl (C=O) groups excluding carboxylic acids is 1. The molecule has 0 radical (unpaired) electrons. The number of rotatable bonds is 3. The van der Waals surface area contributed by atoms with Crippen LogP contribution in [0.25, 0.3) is 0 Å². The van der Waals surface area contributed by atoms with Crippen LogP contribution in [-0.4, -0.2) is 27.7 Å². The van der Waals surface area contributed by atoms with E-state index in [0.29, 0.717) is 6.04 Å². The number of amides is 1. The van der Waals surface area contributed by atoms with Gasteiger partial charge in [0.2, 0.25) is 0 Å². The molecular weight excluding hydrogens is 240 g/mol. The first-order valence-electron chi connectivity index (χ1n) is 7.41. The van der Waals surface area contributed by atoms with Gasteiger partial charge in [0, 0.05) is 12.2 Å². The van der Waals surface area contributed by atoms with E-state index in [9.17, 15) is 9.90 Å². The molecule has 1 aromatic rings. The van der Waals surface area contributed by atoms with E-state index in [4.69, 9.17) is 0 Å². The minimum atomic E-state index is -0.384. The van der Waals surface area contributed by atoms with E-state index in [1.165, 1.54) is 19.3 Å². The lowest BCUT2D eigenvalue weighted by molar-refractivity contribution is 0.0707. The second-order valence-corrected chi connectivity index (χ2v) is 5.82. The average Bonchev–Trinajstić information content (AvgIpc) is 2.79. The molecule has 2 fully saturated rings. The zero-order valence-corrected chi connectivity index (χ0v) is 11.2. The largest absolute Gasteiger partial charge is 0.391 e. The number of aliphatic hydroxyl groups excluding tert-OH is 1. The molecule has 2 N–H and O–H groups in total. The Labute approximate surface area is 113 Å². The summed E-state index contributed by atoms with van der Waals surface area (Å²) < 4.78 is 2.09. The summed E-state index contributed by atoms with van der Waals surface area (Å²) in [6.45, 7) is 0. The highest BCUT2D eigenvalue weighted by Gasteiger charge is 2.27. The van der Waals surface area contributed by atoms with Crippen molar-refractivity contribution in [3.63, 3.8) is 0 Å². The summed E-state index contributed by atoms with van der Waals surface area (Å²) in [4.78, 5) is 12.3. The summed E-state index contributed by atoms with van der Waals surface area (Å²) in [5.41, 5.74) is 0.738. The summed E-state index contributed by atoms with van der Waals surface area (Å²) >= 11 is 0. The topological polar surface area (TPSA) is 54.3 Å². The number of aliphatic hydroxyl groups is 1. The van der Waals surface area contributed by atoms with Crippen LogP contribution in [0.2, 0.25) is 0 Å². The maximum atomic E-state index is 12.3. The second-order valence-electron chi connectivity index (χ2n) is 5.82. The Kier molecular flexibility index (Phi) is 3.60. The number of nitrogens with zero attached hydrogens (tertiary/aromatic N) is 1. The molecule has 2 saturated carbocycles. The van der Waals surface area contributed by atoms with E-state index in [1.54, 1.807) is 0 Å². The number of hydrogen-bond donors (Lipinski definition) is 2. The predicted octanol–water partition coefficient (Wildman–Crippen LogP) is 2.25. The van der Waals surface area contributed by atoms with E-state index in [-0.39, 0.29) is 18.1 Å². The van der Waals surface area contributed by atoms with Gasteiger partial charge < -0.3 is 15.0 Å². The SMILES string of the molecule is O=C(N[C@H]1CCCC[C@@H]1O)c1cccn1C1CCC1. The number of carbonyl (C=O) groups is 1. The zero-order chi connectivity index (χ0) is 13.2. The molecule has 0 aromatic carbocycles. The maximum absolute atomic E-state index is 12.3. The number of aromatic nitrogens is 1. The Bertz CT molecular complexity index is 451. The smallest absolute Gasteiger partial charge is 0.268 e. The Hall–Kier alpha value is -1.29. The number of nitrogens with one attached hydrogen (secondary N) is 1. The molecular formula is C15H22N2O2. The molecule has 1 amide bonds. The fourth-order valence-corrected chi connectivity index (χ4v) is 3.09. The molecule has 0 unspecified atom stereocenters. The van der Waals surface area contributed by atoms with Gasteiger partial charge in [-0.1, -0.05) is 12.8 Å². The molecule has 4 heteroatoms. The summed E-state index contributed by atoms with van der Waals surface area (Å²) in [7, 11) is 0. The lowest BCUT2D eigenvalue weighted by Gasteiger charge is -2.31. The van der Waals surface area contributed by atoms with Gasteiger partial charge >= 0.3 is 0 Å². The number of hydrogen-bond acceptors (Lipinski definition) is 2. The minimum absolute atomic E-state index is 0.0390. The standard InChI is InChI=1S/C15H22N2O2/c18-14-9-2-1-7-12(14)16-15(19)13-8-4-10-17(13)11-5-3-6-11/h4,8,10-12,14,18H,1-3,5-7,9H2,(H,16,19)/t12-,14-/m0/s1. The van der Waals surface area contributed by atoms with Crippen LogP contribution in [0.5, 0.6) is 0 Å². The molecule has 0 saturated heterocycles. The lowest BCUT2D eigenvalue weighted by Crippen LogP contribution is -2.45. The van der Waals surface area contributed by atoms with Gasteiger partial charge in [0.05, 0.1) is 12.1 Å². The molecule has 104 valence electrons. The van der Waals surface area contributed by atoms with Gasteiger partial charge in [0.1, 0.15) is 5.69 Å². The minimum Gasteiger partial charge on any atom is -0.391 e. The van der Waals surface area contributed by atoms with E-state index in [1.807, 2.05) is 18.3 Å². The van der Waals surface area contributed by atoms with Gasteiger partial charge in [-0.2, -0.15) is 0 Å². The normalized spacial score (nSPS) is 27.8. The molecule has 1 heterocycles. The van der Waals surface area contributed by atoms with Crippen molar-refractivity contribution in [1.29, 1.82) is 0 Å². The Balaban J connectivity index is 1.68. The lowest BCUT2D eigenvalue weighted by atomic mass is 9.92. The molecule has 3 rings (SSSR count). The van der Waals surface area contributed by atoms with Crippen LogP contribution >= 0.6 is 0 Å². The second kappa shape index (κ2) is 5.37. The van der Waals surface area contributed by atoms with Crippen molar-refractivity contribution in [2.24, 2.45) is 0 Å². The summed E-state index contributed by atoms with van der Waals surface area (Å²) in [6, 6.07) is 4.23. The van der Waals surface area contributed by atoms with Crippen molar-refractivity contribution in [1.82, 2.24) is 9.88 Å². The van der Waals surface area contributed by atoms with Crippen molar-refractivity contribution in [3.8, 4) is 0 Å². The highest BCUT2D eigenvalue weighted by molar-refractivity contribution is 5.93. The first-order valence-corrected chi connectivity index (χ1v) is 7.41. The molecule has 2 aliphatic rings. The van der Waals surface area contributed by atoms with Crippen molar-refractivity contribution >= 4 is 5.91 Å². The molecule has 2 atom stereocenters. The van der Waals surface area contributed by atoms with Crippen molar-refractivity contribution < 1.29 is 9.90 Å². The average molecular weight is 262 g/mol. The molecule has 0 aliphatic heterocycles. The van der Waals surface area contributed by atoms with Crippen LogP contribution in [0.3, 0.4) is 0 Å². The third-order valence-corrected chi connectivity index (χ3v) is 4.53. The van der Waals surface area contributed by atoms with Gasteiger partial charge in [-0.05, 0) is 44.2 Å². The molecule has 0 spiro atoms. The van der Waals surface area contributed by atoms with Crippen molar-refractivity contribution in [3.05, 3.63) is 24.0 Å². The Morgan fingerprint density at radius 1 is 1.21 bits per heavy atom. The van der Waals surface area contributed by atoms with Gasteiger partial charge in [-0.15, -0.1) is 0 Å². The van der Waals surface area contributed by atoms with Crippen LogP contribution in [0.4, 0.5) is 0 Å². The van der Waals surface area contributed by atoms with Gasteiger partial charge in [-0.25, -0.2) is 0 Å². The fourth-order valence-electron chi connectivity index (χ4n) is 3.09. The molecule has 0 bridgehead atoms. The quantitative estimate of drug-likeness (QED) is 0.877. The third kappa shape index (κ3) is 2.54. The summed E-state index contributed by atoms with van der Waals surface area (Å²) in [5.74, 6) is -0.0390. The van der Waals surface area contributed by atoms with Gasteiger partial charge in [-0.3, -0.25) is 4.79 Å². The highest BCUT2D eigenvalue weighted by Crippen LogP contribution is 2.32. The van der Waals surface area contributed by atoms with Crippen molar-refractivity contribution in [2.45, 2.75) is 63.1 Å². The van der Waals surface area contributed by atoms with E-state index in [0.717, 1.165) is 31.4 Å².